The van der Waals surface area contributed by atoms with Crippen molar-refractivity contribution in [3.8, 4) is 5.75 Å². The number of ketones is 1. The molecule has 0 saturated carbocycles. The zero-order valence-corrected chi connectivity index (χ0v) is 10.8. The van der Waals surface area contributed by atoms with Crippen molar-refractivity contribution >= 4 is 11.9 Å². The van der Waals surface area contributed by atoms with Crippen LogP contribution in [0.25, 0.3) is 6.08 Å². The lowest BCUT2D eigenvalue weighted by molar-refractivity contribution is -0.0498. The molecule has 0 aliphatic rings. The van der Waals surface area contributed by atoms with Crippen LogP contribution in [-0.4, -0.2) is 12.4 Å². The number of rotatable bonds is 5. The molecule has 0 aromatic heterocycles. The first-order chi connectivity index (χ1) is 10.0. The molecule has 0 heterocycles. The molecule has 0 unspecified atom stereocenters. The van der Waals surface area contributed by atoms with Gasteiger partial charge >= 0.3 is 6.61 Å². The molecule has 2 aromatic carbocycles. The Labute approximate surface area is 119 Å². The molecule has 0 aliphatic carbocycles. The Morgan fingerprint density at radius 2 is 1.81 bits per heavy atom. The number of allylic oxidation sites excluding steroid dienone is 1. The molecule has 0 amide bonds. The predicted octanol–water partition coefficient (Wildman–Crippen LogP) is 4.32. The number of halogens is 3. The summed E-state index contributed by atoms with van der Waals surface area (Å²) in [5, 5.41) is 0. The number of benzene rings is 2. The third-order valence-electron chi connectivity index (χ3n) is 2.64. The van der Waals surface area contributed by atoms with Crippen molar-refractivity contribution in [2.45, 2.75) is 6.61 Å². The van der Waals surface area contributed by atoms with Gasteiger partial charge in [-0.2, -0.15) is 8.78 Å². The molecule has 2 nitrogen and oxygen atoms in total. The summed E-state index contributed by atoms with van der Waals surface area (Å²) in [4.78, 5) is 11.9. The summed E-state index contributed by atoms with van der Waals surface area (Å²) in [5.74, 6) is -0.805. The van der Waals surface area contributed by atoms with Crippen molar-refractivity contribution < 1.29 is 22.7 Å². The normalized spacial score (nSPS) is 11.0. The summed E-state index contributed by atoms with van der Waals surface area (Å²) in [5.41, 5.74) is 0.885. The average Bonchev–Trinajstić information content (AvgIpc) is 2.46. The van der Waals surface area contributed by atoms with Crippen LogP contribution in [0, 0.1) is 5.82 Å². The Kier molecular flexibility index (Phi) is 4.77. The molecule has 2 aromatic rings. The number of ether oxygens (including phenoxy) is 1. The number of hydrogen-bond acceptors (Lipinski definition) is 2. The van der Waals surface area contributed by atoms with Gasteiger partial charge in [-0.05, 0) is 35.9 Å². The molecular weight excluding hydrogens is 281 g/mol. The van der Waals surface area contributed by atoms with Gasteiger partial charge in [0.15, 0.2) is 5.78 Å². The Hall–Kier alpha value is -2.56. The fourth-order valence-corrected chi connectivity index (χ4v) is 1.67. The standard InChI is InChI=1S/C16H11F3O2/c17-13-7-4-11(5-8-13)6-9-15(20)12-2-1-3-14(10-12)21-16(18)19/h1-10,16H/b9-6+. The Balaban J connectivity index is 2.11. The van der Waals surface area contributed by atoms with Crippen LogP contribution in [-0.2, 0) is 0 Å². The minimum absolute atomic E-state index is 0.0777. The van der Waals surface area contributed by atoms with Crippen LogP contribution < -0.4 is 4.74 Å². The smallest absolute Gasteiger partial charge is 0.387 e. The van der Waals surface area contributed by atoms with E-state index in [4.69, 9.17) is 0 Å². The first-order valence-corrected chi connectivity index (χ1v) is 6.07. The zero-order chi connectivity index (χ0) is 15.2. The van der Waals surface area contributed by atoms with Crippen LogP contribution in [0.2, 0.25) is 0 Å². The molecule has 0 bridgehead atoms. The molecule has 0 spiro atoms. The topological polar surface area (TPSA) is 26.3 Å². The van der Waals surface area contributed by atoms with Crippen LogP contribution in [0.3, 0.4) is 0 Å². The molecule has 0 radical (unpaired) electrons. The second kappa shape index (κ2) is 6.74. The van der Waals surface area contributed by atoms with E-state index in [1.54, 1.807) is 0 Å². The van der Waals surface area contributed by atoms with Gasteiger partial charge in [0.05, 0.1) is 0 Å². The van der Waals surface area contributed by atoms with Gasteiger partial charge in [-0.1, -0.05) is 30.3 Å². The monoisotopic (exact) mass is 292 g/mol. The maximum Gasteiger partial charge on any atom is 0.387 e. The van der Waals surface area contributed by atoms with Gasteiger partial charge in [-0.15, -0.1) is 0 Å². The molecule has 108 valence electrons. The molecule has 21 heavy (non-hydrogen) atoms. The predicted molar refractivity (Wildman–Crippen MR) is 72.8 cm³/mol. The van der Waals surface area contributed by atoms with E-state index in [-0.39, 0.29) is 22.9 Å². The fourth-order valence-electron chi connectivity index (χ4n) is 1.67. The van der Waals surface area contributed by atoms with Gasteiger partial charge in [-0.25, -0.2) is 4.39 Å². The van der Waals surface area contributed by atoms with Crippen LogP contribution >= 0.6 is 0 Å². The lowest BCUT2D eigenvalue weighted by atomic mass is 10.1. The Bertz CT molecular complexity index is 649. The summed E-state index contributed by atoms with van der Waals surface area (Å²) in [6.45, 7) is -2.94. The first-order valence-electron chi connectivity index (χ1n) is 6.07. The SMILES string of the molecule is O=C(/C=C/c1ccc(F)cc1)c1cccc(OC(F)F)c1. The summed E-state index contributed by atoms with van der Waals surface area (Å²) in [6.07, 6.45) is 2.80. The van der Waals surface area contributed by atoms with Crippen molar-refractivity contribution in [2.75, 3.05) is 0 Å². The van der Waals surface area contributed by atoms with Crippen LogP contribution in [0.15, 0.2) is 54.6 Å². The second-order valence-electron chi connectivity index (χ2n) is 4.16. The Morgan fingerprint density at radius 1 is 1.10 bits per heavy atom. The van der Waals surface area contributed by atoms with Crippen molar-refractivity contribution in [2.24, 2.45) is 0 Å². The molecule has 2 rings (SSSR count). The minimum atomic E-state index is -2.94. The van der Waals surface area contributed by atoms with E-state index in [0.29, 0.717) is 5.56 Å². The van der Waals surface area contributed by atoms with E-state index >= 15 is 0 Å². The zero-order valence-electron chi connectivity index (χ0n) is 10.8. The van der Waals surface area contributed by atoms with E-state index in [9.17, 15) is 18.0 Å². The molecule has 0 saturated heterocycles. The van der Waals surface area contributed by atoms with Crippen molar-refractivity contribution in [3.05, 3.63) is 71.6 Å². The van der Waals surface area contributed by atoms with Gasteiger partial charge < -0.3 is 4.74 Å². The van der Waals surface area contributed by atoms with Gasteiger partial charge in [0.1, 0.15) is 11.6 Å². The lowest BCUT2D eigenvalue weighted by Gasteiger charge is -2.04. The number of alkyl halides is 2. The van der Waals surface area contributed by atoms with Crippen molar-refractivity contribution in [3.63, 3.8) is 0 Å². The van der Waals surface area contributed by atoms with E-state index in [0.717, 1.165) is 0 Å². The molecule has 0 fully saturated rings. The summed E-state index contributed by atoms with van der Waals surface area (Å²) >= 11 is 0. The van der Waals surface area contributed by atoms with Crippen LogP contribution in [0.4, 0.5) is 13.2 Å². The Morgan fingerprint density at radius 3 is 2.48 bits per heavy atom. The third kappa shape index (κ3) is 4.49. The highest BCUT2D eigenvalue weighted by Crippen LogP contribution is 2.17. The highest BCUT2D eigenvalue weighted by atomic mass is 19.3. The molecule has 0 aliphatic heterocycles. The van der Waals surface area contributed by atoms with Gasteiger partial charge in [0, 0.05) is 5.56 Å². The summed E-state index contributed by atoms with van der Waals surface area (Å²) in [6, 6.07) is 11.1. The quantitative estimate of drug-likeness (QED) is 0.606. The number of carbonyl (C=O) groups excluding carboxylic acids is 1. The largest absolute Gasteiger partial charge is 0.435 e. The van der Waals surface area contributed by atoms with Crippen LogP contribution in [0.1, 0.15) is 15.9 Å². The second-order valence-corrected chi connectivity index (χ2v) is 4.16. The maximum absolute atomic E-state index is 12.7. The lowest BCUT2D eigenvalue weighted by Crippen LogP contribution is -2.03. The van der Waals surface area contributed by atoms with E-state index in [1.807, 2.05) is 0 Å². The average molecular weight is 292 g/mol. The highest BCUT2D eigenvalue weighted by molar-refractivity contribution is 6.07. The van der Waals surface area contributed by atoms with Crippen molar-refractivity contribution in [1.82, 2.24) is 0 Å². The van der Waals surface area contributed by atoms with Crippen molar-refractivity contribution in [1.29, 1.82) is 0 Å². The fraction of sp³-hybridized carbons (Fsp3) is 0.0625. The van der Waals surface area contributed by atoms with Gasteiger partial charge in [0.2, 0.25) is 0 Å². The van der Waals surface area contributed by atoms with E-state index in [2.05, 4.69) is 4.74 Å². The first kappa shape index (κ1) is 14.8. The molecular formula is C16H11F3O2. The maximum atomic E-state index is 12.7. The van der Waals surface area contributed by atoms with Gasteiger partial charge in [-0.3, -0.25) is 4.79 Å². The number of carbonyl (C=O) groups is 1. The van der Waals surface area contributed by atoms with E-state index < -0.39 is 6.61 Å². The third-order valence-corrected chi connectivity index (χ3v) is 2.64. The van der Waals surface area contributed by atoms with E-state index in [1.165, 1.54) is 60.7 Å². The van der Waals surface area contributed by atoms with Gasteiger partial charge in [0.25, 0.3) is 0 Å². The minimum Gasteiger partial charge on any atom is -0.435 e. The summed E-state index contributed by atoms with van der Waals surface area (Å²) in [7, 11) is 0. The number of hydrogen-bond donors (Lipinski definition) is 0. The highest BCUT2D eigenvalue weighted by Gasteiger charge is 2.07. The summed E-state index contributed by atoms with van der Waals surface area (Å²) < 4.78 is 41.2. The van der Waals surface area contributed by atoms with Crippen LogP contribution in [0.5, 0.6) is 5.75 Å². The molecule has 0 N–H and O–H groups in total. The molecule has 0 atom stereocenters. The molecule has 5 heteroatoms.